The molecular formula is C15H21NO7. The van der Waals surface area contributed by atoms with Crippen LogP contribution in [0.2, 0.25) is 0 Å². The number of carboxylic acids is 1. The minimum absolute atomic E-state index is 0.170. The Morgan fingerprint density at radius 2 is 1.61 bits per heavy atom. The number of aliphatic carboxylic acids is 1. The standard InChI is InChI=1S/C15H21NO7/c1-15(8-20-2,14(18)19)16-13(17)9-6-10(21-3)12(23-5)11(7-9)22-4/h6-7H,8H2,1-5H3,(H,16,17)(H,18,19). The molecule has 0 aliphatic rings. The van der Waals surface area contributed by atoms with Gasteiger partial charge in [-0.3, -0.25) is 4.79 Å². The third-order valence-corrected chi connectivity index (χ3v) is 3.22. The summed E-state index contributed by atoms with van der Waals surface area (Å²) in [6.07, 6.45) is 0. The molecule has 2 N–H and O–H groups in total. The van der Waals surface area contributed by atoms with Gasteiger partial charge in [0, 0.05) is 12.7 Å². The van der Waals surface area contributed by atoms with Gasteiger partial charge in [0.1, 0.15) is 0 Å². The zero-order valence-electron chi connectivity index (χ0n) is 13.8. The molecule has 1 atom stereocenters. The van der Waals surface area contributed by atoms with E-state index in [0.29, 0.717) is 17.2 Å². The number of hydrogen-bond acceptors (Lipinski definition) is 6. The number of methoxy groups -OCH3 is 4. The zero-order chi connectivity index (χ0) is 17.6. The van der Waals surface area contributed by atoms with Gasteiger partial charge in [0.25, 0.3) is 5.91 Å². The number of ether oxygens (including phenoxy) is 4. The van der Waals surface area contributed by atoms with E-state index in [1.165, 1.54) is 47.5 Å². The Morgan fingerprint density at radius 3 is 1.96 bits per heavy atom. The van der Waals surface area contributed by atoms with E-state index in [-0.39, 0.29) is 12.2 Å². The number of carbonyl (C=O) groups is 2. The van der Waals surface area contributed by atoms with Crippen LogP contribution in [0.4, 0.5) is 0 Å². The van der Waals surface area contributed by atoms with Crippen molar-refractivity contribution in [1.82, 2.24) is 5.32 Å². The van der Waals surface area contributed by atoms with Gasteiger partial charge in [-0.25, -0.2) is 4.79 Å². The maximum atomic E-state index is 12.4. The van der Waals surface area contributed by atoms with E-state index in [1.807, 2.05) is 0 Å². The van der Waals surface area contributed by atoms with Gasteiger partial charge < -0.3 is 29.4 Å². The van der Waals surface area contributed by atoms with Gasteiger partial charge in [-0.05, 0) is 19.1 Å². The molecule has 1 aromatic rings. The van der Waals surface area contributed by atoms with E-state index >= 15 is 0 Å². The summed E-state index contributed by atoms with van der Waals surface area (Å²) < 4.78 is 20.4. The molecule has 0 aromatic heterocycles. The summed E-state index contributed by atoms with van der Waals surface area (Å²) in [6.45, 7) is 1.17. The molecule has 1 rings (SSSR count). The lowest BCUT2D eigenvalue weighted by molar-refractivity contribution is -0.145. The van der Waals surface area contributed by atoms with Crippen LogP contribution in [-0.2, 0) is 9.53 Å². The Labute approximate surface area is 134 Å². The Morgan fingerprint density at radius 1 is 1.09 bits per heavy atom. The predicted molar refractivity (Wildman–Crippen MR) is 81.5 cm³/mol. The van der Waals surface area contributed by atoms with Gasteiger partial charge in [-0.15, -0.1) is 0 Å². The fourth-order valence-corrected chi connectivity index (χ4v) is 1.97. The molecule has 0 saturated carbocycles. The molecule has 0 aliphatic heterocycles. The van der Waals surface area contributed by atoms with Crippen LogP contribution < -0.4 is 19.5 Å². The highest BCUT2D eigenvalue weighted by Gasteiger charge is 2.35. The Bertz CT molecular complexity index is 562. The lowest BCUT2D eigenvalue weighted by atomic mass is 10.0. The second kappa shape index (κ2) is 7.68. The van der Waals surface area contributed by atoms with Gasteiger partial charge in [0.05, 0.1) is 27.9 Å². The number of carbonyl (C=O) groups excluding carboxylic acids is 1. The number of nitrogens with one attached hydrogen (secondary N) is 1. The van der Waals surface area contributed by atoms with Gasteiger partial charge >= 0.3 is 5.97 Å². The molecule has 8 nitrogen and oxygen atoms in total. The van der Waals surface area contributed by atoms with E-state index in [0.717, 1.165) is 0 Å². The first-order valence-corrected chi connectivity index (χ1v) is 6.67. The maximum absolute atomic E-state index is 12.4. The van der Waals surface area contributed by atoms with Crippen LogP contribution in [0.1, 0.15) is 17.3 Å². The quantitative estimate of drug-likeness (QED) is 0.732. The third kappa shape index (κ3) is 4.04. The molecule has 0 spiro atoms. The van der Waals surface area contributed by atoms with Crippen molar-refractivity contribution < 1.29 is 33.6 Å². The van der Waals surface area contributed by atoms with Crippen LogP contribution in [-0.4, -0.2) is 57.6 Å². The summed E-state index contributed by atoms with van der Waals surface area (Å²) in [5.41, 5.74) is -1.39. The van der Waals surface area contributed by atoms with Gasteiger partial charge in [0.2, 0.25) is 5.75 Å². The second-order valence-corrected chi connectivity index (χ2v) is 4.94. The molecule has 1 aromatic carbocycles. The smallest absolute Gasteiger partial charge is 0.331 e. The average molecular weight is 327 g/mol. The molecule has 128 valence electrons. The van der Waals surface area contributed by atoms with Crippen molar-refractivity contribution in [3.8, 4) is 17.2 Å². The average Bonchev–Trinajstić information content (AvgIpc) is 2.53. The zero-order valence-corrected chi connectivity index (χ0v) is 13.8. The lowest BCUT2D eigenvalue weighted by Crippen LogP contribution is -2.55. The molecule has 0 radical (unpaired) electrons. The molecule has 1 unspecified atom stereocenters. The highest BCUT2D eigenvalue weighted by Crippen LogP contribution is 2.38. The highest BCUT2D eigenvalue weighted by atomic mass is 16.5. The van der Waals surface area contributed by atoms with Crippen molar-refractivity contribution in [2.45, 2.75) is 12.5 Å². The maximum Gasteiger partial charge on any atom is 0.331 e. The number of carboxylic acid groups (broad SMARTS) is 1. The Hall–Kier alpha value is -2.48. The Kier molecular flexibility index (Phi) is 6.20. The summed E-state index contributed by atoms with van der Waals surface area (Å²) in [5, 5.41) is 11.7. The van der Waals surface area contributed by atoms with Crippen molar-refractivity contribution in [2.75, 3.05) is 35.0 Å². The minimum atomic E-state index is -1.56. The lowest BCUT2D eigenvalue weighted by Gasteiger charge is -2.25. The molecule has 23 heavy (non-hydrogen) atoms. The SMILES string of the molecule is COCC(C)(NC(=O)c1cc(OC)c(OC)c(OC)c1)C(=O)O. The van der Waals surface area contributed by atoms with E-state index in [1.54, 1.807) is 0 Å². The van der Waals surface area contributed by atoms with Crippen molar-refractivity contribution in [3.63, 3.8) is 0 Å². The molecule has 0 saturated heterocycles. The fourth-order valence-electron chi connectivity index (χ4n) is 1.97. The monoisotopic (exact) mass is 327 g/mol. The van der Waals surface area contributed by atoms with Crippen LogP contribution in [0.15, 0.2) is 12.1 Å². The number of rotatable bonds is 8. The summed E-state index contributed by atoms with van der Waals surface area (Å²) in [4.78, 5) is 23.8. The molecular weight excluding hydrogens is 306 g/mol. The first kappa shape index (κ1) is 18.6. The summed E-state index contributed by atoms with van der Waals surface area (Å²) in [5.74, 6) is -0.891. The highest BCUT2D eigenvalue weighted by molar-refractivity contribution is 5.98. The van der Waals surface area contributed by atoms with Crippen LogP contribution in [0.5, 0.6) is 17.2 Å². The molecule has 0 aliphatic carbocycles. The van der Waals surface area contributed by atoms with E-state index < -0.39 is 17.4 Å². The summed E-state index contributed by atoms with van der Waals surface area (Å²) >= 11 is 0. The first-order valence-electron chi connectivity index (χ1n) is 6.67. The molecule has 1 amide bonds. The van der Waals surface area contributed by atoms with Crippen LogP contribution in [0.3, 0.4) is 0 Å². The summed E-state index contributed by atoms with van der Waals surface area (Å²) in [7, 11) is 5.64. The summed E-state index contributed by atoms with van der Waals surface area (Å²) in [6, 6.07) is 2.87. The third-order valence-electron chi connectivity index (χ3n) is 3.22. The van der Waals surface area contributed by atoms with Crippen LogP contribution in [0.25, 0.3) is 0 Å². The van der Waals surface area contributed by atoms with Crippen molar-refractivity contribution in [3.05, 3.63) is 17.7 Å². The molecule has 0 bridgehead atoms. The van der Waals surface area contributed by atoms with Gasteiger partial charge in [-0.1, -0.05) is 0 Å². The van der Waals surface area contributed by atoms with Crippen molar-refractivity contribution in [2.24, 2.45) is 0 Å². The van der Waals surface area contributed by atoms with Crippen molar-refractivity contribution in [1.29, 1.82) is 0 Å². The molecule has 0 fully saturated rings. The first-order chi connectivity index (χ1) is 10.8. The van der Waals surface area contributed by atoms with E-state index in [2.05, 4.69) is 5.32 Å². The van der Waals surface area contributed by atoms with Crippen molar-refractivity contribution >= 4 is 11.9 Å². The number of benzene rings is 1. The largest absolute Gasteiger partial charge is 0.493 e. The van der Waals surface area contributed by atoms with Gasteiger partial charge in [0.15, 0.2) is 17.0 Å². The number of amides is 1. The van der Waals surface area contributed by atoms with Crippen LogP contribution in [0, 0.1) is 0 Å². The van der Waals surface area contributed by atoms with Crippen LogP contribution >= 0.6 is 0 Å². The Balaban J connectivity index is 3.20. The molecule has 0 heterocycles. The van der Waals surface area contributed by atoms with Gasteiger partial charge in [-0.2, -0.15) is 0 Å². The predicted octanol–water partition coefficient (Wildman–Crippen LogP) is 0.932. The van der Waals surface area contributed by atoms with E-state index in [9.17, 15) is 14.7 Å². The molecule has 8 heteroatoms. The normalized spacial score (nSPS) is 12.9. The fraction of sp³-hybridized carbons (Fsp3) is 0.467. The number of hydrogen-bond donors (Lipinski definition) is 2. The topological polar surface area (TPSA) is 103 Å². The second-order valence-electron chi connectivity index (χ2n) is 4.94. The van der Waals surface area contributed by atoms with E-state index in [4.69, 9.17) is 18.9 Å². The minimum Gasteiger partial charge on any atom is -0.493 e.